The minimum atomic E-state index is -0.414. The van der Waals surface area contributed by atoms with Crippen LogP contribution in [0.25, 0.3) is 0 Å². The molecule has 0 aromatic heterocycles. The predicted molar refractivity (Wildman–Crippen MR) is 82.1 cm³/mol. The van der Waals surface area contributed by atoms with Crippen LogP contribution in [0.5, 0.6) is 0 Å². The number of hydrogen-bond acceptors (Lipinski definition) is 3. The van der Waals surface area contributed by atoms with Crippen molar-refractivity contribution in [1.82, 2.24) is 4.90 Å². The molecule has 0 amide bonds. The van der Waals surface area contributed by atoms with E-state index in [-0.39, 0.29) is 0 Å². The van der Waals surface area contributed by atoms with Gasteiger partial charge in [0.2, 0.25) is 0 Å². The predicted octanol–water partition coefficient (Wildman–Crippen LogP) is 2.76. The van der Waals surface area contributed by atoms with Crippen molar-refractivity contribution in [2.45, 2.75) is 46.3 Å². The third-order valence-corrected chi connectivity index (χ3v) is 4.30. The van der Waals surface area contributed by atoms with Crippen molar-refractivity contribution in [1.29, 1.82) is 0 Å². The quantitative estimate of drug-likeness (QED) is 0.918. The number of rotatable bonds is 4. The van der Waals surface area contributed by atoms with Gasteiger partial charge in [-0.3, -0.25) is 4.90 Å². The largest absolute Gasteiger partial charge is 0.387 e. The third kappa shape index (κ3) is 3.40. The highest BCUT2D eigenvalue weighted by atomic mass is 16.5. The number of hydrogen-bond donors (Lipinski definition) is 1. The normalized spacial score (nSPS) is 21.9. The molecule has 2 unspecified atom stereocenters. The van der Waals surface area contributed by atoms with Crippen LogP contribution in [-0.2, 0) is 4.74 Å². The molecule has 1 aromatic carbocycles. The molecule has 1 heterocycles. The lowest BCUT2D eigenvalue weighted by atomic mass is 9.95. The van der Waals surface area contributed by atoms with Crippen molar-refractivity contribution in [2.75, 3.05) is 26.3 Å². The minimum Gasteiger partial charge on any atom is -0.387 e. The van der Waals surface area contributed by atoms with Crippen molar-refractivity contribution in [2.24, 2.45) is 0 Å². The SMILES string of the molecule is CCC1COCCN1CC(O)c1c(C)cc(C)cc1C. The first-order valence-corrected chi connectivity index (χ1v) is 7.60. The minimum absolute atomic E-state index is 0.414. The lowest BCUT2D eigenvalue weighted by molar-refractivity contribution is -0.0278. The number of aliphatic hydroxyl groups excluding tert-OH is 1. The van der Waals surface area contributed by atoms with Crippen molar-refractivity contribution >= 4 is 0 Å². The average molecular weight is 277 g/mol. The van der Waals surface area contributed by atoms with Crippen molar-refractivity contribution in [3.63, 3.8) is 0 Å². The number of nitrogens with zero attached hydrogens (tertiary/aromatic N) is 1. The summed E-state index contributed by atoms with van der Waals surface area (Å²) in [6.45, 7) is 11.6. The van der Waals surface area contributed by atoms with Crippen LogP contribution in [0.15, 0.2) is 12.1 Å². The lowest BCUT2D eigenvalue weighted by Gasteiger charge is -2.36. The summed E-state index contributed by atoms with van der Waals surface area (Å²) < 4.78 is 5.53. The molecule has 0 bridgehead atoms. The van der Waals surface area contributed by atoms with E-state index in [9.17, 15) is 5.11 Å². The second kappa shape index (κ2) is 6.70. The first-order chi connectivity index (χ1) is 9.52. The van der Waals surface area contributed by atoms with E-state index in [1.54, 1.807) is 0 Å². The number of β-amino-alcohol motifs (C(OH)–C–C–N with tert-alkyl or cyclic N) is 1. The second-order valence-electron chi connectivity index (χ2n) is 5.96. The van der Waals surface area contributed by atoms with Gasteiger partial charge in [-0.2, -0.15) is 0 Å². The highest BCUT2D eigenvalue weighted by molar-refractivity contribution is 5.39. The maximum atomic E-state index is 10.7. The zero-order valence-electron chi connectivity index (χ0n) is 13.1. The molecule has 0 aliphatic carbocycles. The number of aliphatic hydroxyl groups is 1. The number of aryl methyl sites for hydroxylation is 3. The van der Waals surface area contributed by atoms with E-state index in [2.05, 4.69) is 44.7 Å². The van der Waals surface area contributed by atoms with Gasteiger partial charge in [-0.1, -0.05) is 24.6 Å². The summed E-state index contributed by atoms with van der Waals surface area (Å²) in [7, 11) is 0. The molecule has 3 nitrogen and oxygen atoms in total. The second-order valence-corrected chi connectivity index (χ2v) is 5.96. The van der Waals surface area contributed by atoms with Crippen LogP contribution >= 0.6 is 0 Å². The van der Waals surface area contributed by atoms with E-state index in [0.29, 0.717) is 12.6 Å². The molecule has 20 heavy (non-hydrogen) atoms. The Kier molecular flexibility index (Phi) is 5.19. The van der Waals surface area contributed by atoms with Gasteiger partial charge < -0.3 is 9.84 Å². The smallest absolute Gasteiger partial charge is 0.0922 e. The van der Waals surface area contributed by atoms with Gasteiger partial charge in [-0.15, -0.1) is 0 Å². The fraction of sp³-hybridized carbons (Fsp3) is 0.647. The van der Waals surface area contributed by atoms with Gasteiger partial charge in [-0.05, 0) is 43.9 Å². The number of morpholine rings is 1. The topological polar surface area (TPSA) is 32.7 Å². The Hall–Kier alpha value is -0.900. The maximum Gasteiger partial charge on any atom is 0.0922 e. The standard InChI is InChI=1S/C17H27NO2/c1-5-15-11-20-7-6-18(15)10-16(19)17-13(3)8-12(2)9-14(17)4/h8-9,15-16,19H,5-7,10-11H2,1-4H3. The van der Waals surface area contributed by atoms with Crippen molar-refractivity contribution in [3.05, 3.63) is 34.4 Å². The van der Waals surface area contributed by atoms with Gasteiger partial charge in [0.25, 0.3) is 0 Å². The zero-order chi connectivity index (χ0) is 14.7. The molecule has 0 spiro atoms. The molecule has 2 rings (SSSR count). The van der Waals surface area contributed by atoms with Crippen LogP contribution in [0.3, 0.4) is 0 Å². The van der Waals surface area contributed by atoms with E-state index in [4.69, 9.17) is 4.74 Å². The molecule has 0 radical (unpaired) electrons. The van der Waals surface area contributed by atoms with E-state index >= 15 is 0 Å². The Balaban J connectivity index is 2.13. The first kappa shape index (κ1) is 15.5. The van der Waals surface area contributed by atoms with Gasteiger partial charge >= 0.3 is 0 Å². The highest BCUT2D eigenvalue weighted by Gasteiger charge is 2.25. The Morgan fingerprint density at radius 3 is 2.55 bits per heavy atom. The number of ether oxygens (including phenoxy) is 1. The number of benzene rings is 1. The van der Waals surface area contributed by atoms with Gasteiger partial charge in [0.15, 0.2) is 0 Å². The summed E-state index contributed by atoms with van der Waals surface area (Å²) in [5.41, 5.74) is 4.73. The third-order valence-electron chi connectivity index (χ3n) is 4.30. The summed E-state index contributed by atoms with van der Waals surface area (Å²) in [6.07, 6.45) is 0.654. The molecule has 1 N–H and O–H groups in total. The molecule has 1 aliphatic rings. The Morgan fingerprint density at radius 2 is 1.95 bits per heavy atom. The van der Waals surface area contributed by atoms with Crippen LogP contribution in [0.2, 0.25) is 0 Å². The molecular weight excluding hydrogens is 250 g/mol. The monoisotopic (exact) mass is 277 g/mol. The molecule has 112 valence electrons. The Bertz CT molecular complexity index is 435. The van der Waals surface area contributed by atoms with Gasteiger partial charge in [0.05, 0.1) is 19.3 Å². The molecule has 2 atom stereocenters. The molecular formula is C17H27NO2. The molecule has 1 aliphatic heterocycles. The van der Waals surface area contributed by atoms with E-state index in [1.165, 1.54) is 16.7 Å². The summed E-state index contributed by atoms with van der Waals surface area (Å²) in [5, 5.41) is 10.7. The average Bonchev–Trinajstić information content (AvgIpc) is 2.38. The summed E-state index contributed by atoms with van der Waals surface area (Å²) >= 11 is 0. The van der Waals surface area contributed by atoms with Crippen molar-refractivity contribution < 1.29 is 9.84 Å². The van der Waals surface area contributed by atoms with Crippen LogP contribution in [0.4, 0.5) is 0 Å². The Labute approximate surface area is 122 Å². The lowest BCUT2D eigenvalue weighted by Crippen LogP contribution is -2.46. The van der Waals surface area contributed by atoms with Gasteiger partial charge in [0.1, 0.15) is 0 Å². The highest BCUT2D eigenvalue weighted by Crippen LogP contribution is 2.25. The van der Waals surface area contributed by atoms with Crippen LogP contribution in [0, 0.1) is 20.8 Å². The summed E-state index contributed by atoms with van der Waals surface area (Å²) in [6, 6.07) is 4.74. The summed E-state index contributed by atoms with van der Waals surface area (Å²) in [5.74, 6) is 0. The molecule has 0 saturated carbocycles. The molecule has 3 heteroatoms. The van der Waals surface area contributed by atoms with Gasteiger partial charge in [0, 0.05) is 19.1 Å². The van der Waals surface area contributed by atoms with Crippen LogP contribution in [0.1, 0.15) is 41.7 Å². The molecule has 1 saturated heterocycles. The van der Waals surface area contributed by atoms with Crippen LogP contribution in [-0.4, -0.2) is 42.4 Å². The zero-order valence-corrected chi connectivity index (χ0v) is 13.1. The first-order valence-electron chi connectivity index (χ1n) is 7.60. The maximum absolute atomic E-state index is 10.7. The van der Waals surface area contributed by atoms with E-state index in [1.807, 2.05) is 0 Å². The fourth-order valence-electron chi connectivity index (χ4n) is 3.34. The van der Waals surface area contributed by atoms with E-state index in [0.717, 1.165) is 31.7 Å². The summed E-state index contributed by atoms with van der Waals surface area (Å²) in [4.78, 5) is 2.37. The van der Waals surface area contributed by atoms with E-state index < -0.39 is 6.10 Å². The molecule has 1 fully saturated rings. The fourth-order valence-corrected chi connectivity index (χ4v) is 3.34. The molecule has 1 aromatic rings. The Morgan fingerprint density at radius 1 is 1.30 bits per heavy atom. The van der Waals surface area contributed by atoms with Crippen LogP contribution < -0.4 is 0 Å². The van der Waals surface area contributed by atoms with Crippen molar-refractivity contribution in [3.8, 4) is 0 Å². The van der Waals surface area contributed by atoms with Gasteiger partial charge in [-0.25, -0.2) is 0 Å².